The van der Waals surface area contributed by atoms with Crippen molar-refractivity contribution in [2.45, 2.75) is 31.3 Å². The van der Waals surface area contributed by atoms with Gasteiger partial charge in [-0.05, 0) is 25.8 Å². The Morgan fingerprint density at radius 1 is 1.35 bits per heavy atom. The van der Waals surface area contributed by atoms with Crippen LogP contribution in [0, 0.1) is 0 Å². The van der Waals surface area contributed by atoms with Crippen molar-refractivity contribution in [1.82, 2.24) is 10.2 Å². The second kappa shape index (κ2) is 5.31. The highest BCUT2D eigenvalue weighted by Gasteiger charge is 2.36. The summed E-state index contributed by atoms with van der Waals surface area (Å²) in [6.45, 7) is 1.76. The van der Waals surface area contributed by atoms with E-state index in [0.29, 0.717) is 12.1 Å². The fourth-order valence-corrected chi connectivity index (χ4v) is 2.65. The molecule has 2 heterocycles. The molecule has 1 N–H and O–H groups in total. The molecule has 0 aliphatic carbocycles. The molecule has 0 bridgehead atoms. The van der Waals surface area contributed by atoms with E-state index in [9.17, 15) is 9.59 Å². The SMILES string of the molecule is COC(=O)/C=C/C(=O)N1CCCC2NCCC21. The number of nitrogens with zero attached hydrogens (tertiary/aromatic N) is 1. The fourth-order valence-electron chi connectivity index (χ4n) is 2.65. The molecular weight excluding hydrogens is 220 g/mol. The van der Waals surface area contributed by atoms with E-state index < -0.39 is 5.97 Å². The average molecular weight is 238 g/mol. The summed E-state index contributed by atoms with van der Waals surface area (Å²) < 4.78 is 4.47. The molecule has 0 saturated carbocycles. The number of hydrogen-bond acceptors (Lipinski definition) is 4. The van der Waals surface area contributed by atoms with Gasteiger partial charge in [0.05, 0.1) is 7.11 Å². The van der Waals surface area contributed by atoms with Crippen LogP contribution in [0.5, 0.6) is 0 Å². The molecule has 2 aliphatic heterocycles. The lowest BCUT2D eigenvalue weighted by Gasteiger charge is -2.36. The number of fused-ring (bicyclic) bond motifs is 1. The quantitative estimate of drug-likeness (QED) is 0.546. The highest BCUT2D eigenvalue weighted by Crippen LogP contribution is 2.24. The maximum atomic E-state index is 12.0. The number of methoxy groups -OCH3 is 1. The van der Waals surface area contributed by atoms with Crippen LogP contribution in [-0.2, 0) is 14.3 Å². The van der Waals surface area contributed by atoms with Crippen LogP contribution in [-0.4, -0.2) is 49.1 Å². The van der Waals surface area contributed by atoms with E-state index in [4.69, 9.17) is 0 Å². The zero-order valence-corrected chi connectivity index (χ0v) is 10.0. The summed E-state index contributed by atoms with van der Waals surface area (Å²) in [5.41, 5.74) is 0. The van der Waals surface area contributed by atoms with E-state index in [-0.39, 0.29) is 5.91 Å². The summed E-state index contributed by atoms with van der Waals surface area (Å²) in [7, 11) is 1.30. The summed E-state index contributed by atoms with van der Waals surface area (Å²) >= 11 is 0. The minimum atomic E-state index is -0.489. The van der Waals surface area contributed by atoms with Gasteiger partial charge in [0.25, 0.3) is 0 Å². The van der Waals surface area contributed by atoms with Gasteiger partial charge < -0.3 is 15.0 Å². The van der Waals surface area contributed by atoms with Crippen LogP contribution in [0.4, 0.5) is 0 Å². The minimum Gasteiger partial charge on any atom is -0.466 e. The van der Waals surface area contributed by atoms with E-state index >= 15 is 0 Å². The molecule has 94 valence electrons. The molecule has 0 aromatic carbocycles. The Morgan fingerprint density at radius 3 is 2.94 bits per heavy atom. The molecule has 2 unspecified atom stereocenters. The maximum Gasteiger partial charge on any atom is 0.330 e. The molecule has 0 radical (unpaired) electrons. The topological polar surface area (TPSA) is 58.6 Å². The van der Waals surface area contributed by atoms with Crippen molar-refractivity contribution in [2.24, 2.45) is 0 Å². The summed E-state index contributed by atoms with van der Waals surface area (Å²) in [4.78, 5) is 24.8. The van der Waals surface area contributed by atoms with Gasteiger partial charge >= 0.3 is 5.97 Å². The van der Waals surface area contributed by atoms with Gasteiger partial charge in [0.2, 0.25) is 5.91 Å². The second-order valence-corrected chi connectivity index (χ2v) is 4.45. The van der Waals surface area contributed by atoms with Crippen LogP contribution in [0.15, 0.2) is 12.2 Å². The van der Waals surface area contributed by atoms with E-state index in [0.717, 1.165) is 32.4 Å². The molecule has 0 aromatic rings. The van der Waals surface area contributed by atoms with E-state index in [1.54, 1.807) is 0 Å². The highest BCUT2D eigenvalue weighted by molar-refractivity contribution is 5.94. The molecule has 2 fully saturated rings. The van der Waals surface area contributed by atoms with Crippen LogP contribution in [0.25, 0.3) is 0 Å². The number of amides is 1. The number of hydrogen-bond donors (Lipinski definition) is 1. The van der Waals surface area contributed by atoms with Crippen molar-refractivity contribution >= 4 is 11.9 Å². The number of nitrogens with one attached hydrogen (secondary N) is 1. The first-order chi connectivity index (χ1) is 8.22. The van der Waals surface area contributed by atoms with Gasteiger partial charge in [-0.1, -0.05) is 0 Å². The molecule has 2 aliphatic rings. The molecule has 2 rings (SSSR count). The number of piperidine rings is 1. The number of likely N-dealkylation sites (tertiary alicyclic amines) is 1. The third-order valence-corrected chi connectivity index (χ3v) is 3.47. The maximum absolute atomic E-state index is 12.0. The number of carbonyl (C=O) groups excluding carboxylic acids is 2. The van der Waals surface area contributed by atoms with Gasteiger partial charge in [-0.3, -0.25) is 4.79 Å². The van der Waals surface area contributed by atoms with E-state index in [1.165, 1.54) is 19.3 Å². The third-order valence-electron chi connectivity index (χ3n) is 3.47. The Kier molecular flexibility index (Phi) is 3.78. The molecule has 2 saturated heterocycles. The van der Waals surface area contributed by atoms with Gasteiger partial charge in [-0.25, -0.2) is 4.79 Å². The largest absolute Gasteiger partial charge is 0.466 e. The van der Waals surface area contributed by atoms with Crippen molar-refractivity contribution in [2.75, 3.05) is 20.2 Å². The van der Waals surface area contributed by atoms with Gasteiger partial charge in [-0.2, -0.15) is 0 Å². The normalized spacial score (nSPS) is 28.2. The average Bonchev–Trinajstić information content (AvgIpc) is 2.83. The van der Waals surface area contributed by atoms with Crippen molar-refractivity contribution in [3.05, 3.63) is 12.2 Å². The molecule has 5 heteroatoms. The summed E-state index contributed by atoms with van der Waals surface area (Å²) in [6, 6.07) is 0.720. The molecule has 0 spiro atoms. The van der Waals surface area contributed by atoms with Gasteiger partial charge in [-0.15, -0.1) is 0 Å². The highest BCUT2D eigenvalue weighted by atomic mass is 16.5. The Balaban J connectivity index is 1.98. The summed E-state index contributed by atoms with van der Waals surface area (Å²) in [5.74, 6) is -0.578. The molecule has 1 amide bonds. The third kappa shape index (κ3) is 2.66. The standard InChI is InChI=1S/C12H18N2O3/c1-17-12(16)5-4-11(15)14-8-2-3-9-10(14)6-7-13-9/h4-5,9-10,13H,2-3,6-8H2,1H3/b5-4+. The predicted molar refractivity (Wildman–Crippen MR) is 62.3 cm³/mol. The Labute approximate surface area is 101 Å². The lowest BCUT2D eigenvalue weighted by molar-refractivity contribution is -0.135. The van der Waals surface area contributed by atoms with Gasteiger partial charge in [0, 0.05) is 30.8 Å². The number of rotatable bonds is 2. The first-order valence-electron chi connectivity index (χ1n) is 6.02. The molecule has 17 heavy (non-hydrogen) atoms. The zero-order valence-electron chi connectivity index (χ0n) is 10.0. The lowest BCUT2D eigenvalue weighted by Crippen LogP contribution is -2.50. The van der Waals surface area contributed by atoms with E-state index in [1.807, 2.05) is 4.90 Å². The monoisotopic (exact) mass is 238 g/mol. The summed E-state index contributed by atoms with van der Waals surface area (Å²) in [6.07, 6.45) is 5.66. The van der Waals surface area contributed by atoms with Crippen LogP contribution < -0.4 is 5.32 Å². The van der Waals surface area contributed by atoms with Crippen LogP contribution >= 0.6 is 0 Å². The van der Waals surface area contributed by atoms with Crippen LogP contribution in [0.2, 0.25) is 0 Å². The number of carbonyl (C=O) groups is 2. The zero-order chi connectivity index (χ0) is 12.3. The lowest BCUT2D eigenvalue weighted by atomic mass is 9.97. The van der Waals surface area contributed by atoms with Gasteiger partial charge in [0.15, 0.2) is 0 Å². The first kappa shape index (κ1) is 12.1. The minimum absolute atomic E-state index is 0.0891. The fraction of sp³-hybridized carbons (Fsp3) is 0.667. The van der Waals surface area contributed by atoms with Crippen molar-refractivity contribution in [1.29, 1.82) is 0 Å². The molecule has 2 atom stereocenters. The Morgan fingerprint density at radius 2 is 2.18 bits per heavy atom. The Bertz CT molecular complexity index is 341. The molecule has 5 nitrogen and oxygen atoms in total. The summed E-state index contributed by atoms with van der Waals surface area (Å²) in [5, 5.41) is 3.41. The second-order valence-electron chi connectivity index (χ2n) is 4.45. The molecular formula is C12H18N2O3. The van der Waals surface area contributed by atoms with E-state index in [2.05, 4.69) is 10.1 Å². The van der Waals surface area contributed by atoms with Crippen molar-refractivity contribution in [3.63, 3.8) is 0 Å². The number of esters is 1. The van der Waals surface area contributed by atoms with Crippen LogP contribution in [0.1, 0.15) is 19.3 Å². The van der Waals surface area contributed by atoms with Gasteiger partial charge in [0.1, 0.15) is 0 Å². The Hall–Kier alpha value is -1.36. The predicted octanol–water partition coefficient (Wildman–Crippen LogP) is 0.0685. The molecule has 0 aromatic heterocycles. The smallest absolute Gasteiger partial charge is 0.330 e. The number of ether oxygens (including phenoxy) is 1. The first-order valence-corrected chi connectivity index (χ1v) is 6.02. The van der Waals surface area contributed by atoms with Crippen LogP contribution in [0.3, 0.4) is 0 Å². The van der Waals surface area contributed by atoms with Crippen molar-refractivity contribution < 1.29 is 14.3 Å². The van der Waals surface area contributed by atoms with Crippen molar-refractivity contribution in [3.8, 4) is 0 Å².